The molecule has 6 heteroatoms. The van der Waals surface area contributed by atoms with E-state index in [2.05, 4.69) is 46.2 Å². The van der Waals surface area contributed by atoms with Gasteiger partial charge in [0.1, 0.15) is 0 Å². The number of rotatable bonds is 5. The highest BCUT2D eigenvalue weighted by Gasteiger charge is 1.96. The topological polar surface area (TPSA) is 89.3 Å². The first-order valence-corrected chi connectivity index (χ1v) is 6.70. The molecule has 1 heterocycles. The summed E-state index contributed by atoms with van der Waals surface area (Å²) < 4.78 is 0. The molecule has 1 rings (SSSR count). The van der Waals surface area contributed by atoms with Crippen molar-refractivity contribution < 1.29 is 0 Å². The smallest absolute Gasteiger partial charge is 0.200 e. The summed E-state index contributed by atoms with van der Waals surface area (Å²) in [5, 5.41) is 2.61. The van der Waals surface area contributed by atoms with Crippen LogP contribution in [0.15, 0.2) is 41.3 Å². The number of pyridine rings is 1. The van der Waals surface area contributed by atoms with E-state index in [1.165, 1.54) is 11.8 Å². The molecule has 0 atom stereocenters. The number of nitrogens with two attached hydrogens (primary N) is 2. The summed E-state index contributed by atoms with van der Waals surface area (Å²) in [6, 6.07) is 4.02. The highest BCUT2D eigenvalue weighted by Crippen LogP contribution is 2.07. The Labute approximate surface area is 124 Å². The van der Waals surface area contributed by atoms with Crippen LogP contribution >= 0.6 is 12.2 Å². The van der Waals surface area contributed by atoms with Crippen molar-refractivity contribution in [3.05, 3.63) is 47.6 Å². The molecule has 0 aliphatic rings. The number of aromatic nitrogens is 1. The highest BCUT2D eigenvalue weighted by molar-refractivity contribution is 7.80. The van der Waals surface area contributed by atoms with Gasteiger partial charge >= 0.3 is 0 Å². The minimum Gasteiger partial charge on any atom is -0.376 e. The molecule has 0 amide bonds. The summed E-state index contributed by atoms with van der Waals surface area (Å²) in [6.45, 7) is 2.07. The summed E-state index contributed by atoms with van der Waals surface area (Å²) in [6.07, 6.45) is 8.10. The van der Waals surface area contributed by atoms with E-state index in [-0.39, 0.29) is 11.1 Å². The first-order valence-electron chi connectivity index (χ1n) is 6.29. The van der Waals surface area contributed by atoms with Gasteiger partial charge in [0.2, 0.25) is 0 Å². The molecule has 0 radical (unpaired) electrons. The van der Waals surface area contributed by atoms with Crippen molar-refractivity contribution in [2.24, 2.45) is 16.5 Å². The van der Waals surface area contributed by atoms with Crippen molar-refractivity contribution >= 4 is 23.3 Å². The molecule has 0 aliphatic heterocycles. The van der Waals surface area contributed by atoms with Crippen molar-refractivity contribution in [3.63, 3.8) is 0 Å². The SMILES string of the molecule is Cc1cccnc1CCCC=C=CN=C(N)NC(N)=S. The number of unbranched alkanes of at least 4 members (excludes halogenated alkanes) is 1. The van der Waals surface area contributed by atoms with Crippen LogP contribution in [0, 0.1) is 6.92 Å². The number of thiocarbonyl (C=S) groups is 1. The van der Waals surface area contributed by atoms with Crippen LogP contribution in [0.1, 0.15) is 24.1 Å². The molecule has 1 aromatic heterocycles. The van der Waals surface area contributed by atoms with E-state index in [0.29, 0.717) is 0 Å². The first-order chi connectivity index (χ1) is 9.59. The predicted octanol–water partition coefficient (Wildman–Crippen LogP) is 1.53. The Kier molecular flexibility index (Phi) is 7.03. The summed E-state index contributed by atoms with van der Waals surface area (Å²) >= 11 is 4.62. The molecule has 0 aromatic carbocycles. The van der Waals surface area contributed by atoms with Crippen LogP contribution in [0.4, 0.5) is 0 Å². The molecular formula is C14H19N5S. The zero-order chi connectivity index (χ0) is 14.8. The van der Waals surface area contributed by atoms with E-state index >= 15 is 0 Å². The molecule has 0 spiro atoms. The Bertz CT molecular complexity index is 544. The van der Waals surface area contributed by atoms with Gasteiger partial charge in [0.05, 0.1) is 6.20 Å². The van der Waals surface area contributed by atoms with Gasteiger partial charge < -0.3 is 16.8 Å². The zero-order valence-corrected chi connectivity index (χ0v) is 12.3. The Morgan fingerprint density at radius 3 is 3.05 bits per heavy atom. The number of guanidine groups is 1. The van der Waals surface area contributed by atoms with Crippen LogP contribution in [0.5, 0.6) is 0 Å². The van der Waals surface area contributed by atoms with Crippen LogP contribution in [0.2, 0.25) is 0 Å². The molecule has 0 saturated carbocycles. The number of aryl methyl sites for hydroxylation is 2. The maximum absolute atomic E-state index is 5.49. The molecule has 0 saturated heterocycles. The molecule has 0 unspecified atom stereocenters. The fraction of sp³-hybridized carbons (Fsp3) is 0.286. The van der Waals surface area contributed by atoms with Crippen molar-refractivity contribution in [2.75, 3.05) is 0 Å². The standard InChI is InChI=1S/C14H19N5S/c1-11-7-6-10-17-12(11)8-4-2-3-5-9-18-13(15)19-14(16)20/h3,6-7,9-10H,2,4,8H2,1H3,(H5,15,16,18,19,20). The lowest BCUT2D eigenvalue weighted by Gasteiger charge is -2.01. The molecule has 5 N–H and O–H groups in total. The Balaban J connectivity index is 2.32. The third kappa shape index (κ3) is 6.68. The quantitative estimate of drug-likeness (QED) is 0.251. The second-order valence-electron chi connectivity index (χ2n) is 4.16. The second kappa shape index (κ2) is 8.85. The molecule has 1 aromatic rings. The van der Waals surface area contributed by atoms with Gasteiger partial charge in [-0.3, -0.25) is 4.98 Å². The van der Waals surface area contributed by atoms with Crippen LogP contribution < -0.4 is 16.8 Å². The lowest BCUT2D eigenvalue weighted by atomic mass is 10.1. The van der Waals surface area contributed by atoms with Crippen molar-refractivity contribution in [3.8, 4) is 0 Å². The van der Waals surface area contributed by atoms with Crippen LogP contribution in [0.25, 0.3) is 0 Å². The Morgan fingerprint density at radius 2 is 2.35 bits per heavy atom. The molecule has 106 valence electrons. The van der Waals surface area contributed by atoms with Gasteiger partial charge in [-0.15, -0.1) is 5.73 Å². The van der Waals surface area contributed by atoms with E-state index in [4.69, 9.17) is 11.5 Å². The monoisotopic (exact) mass is 289 g/mol. The fourth-order valence-electron chi connectivity index (χ4n) is 1.55. The maximum atomic E-state index is 5.49. The molecule has 20 heavy (non-hydrogen) atoms. The van der Waals surface area contributed by atoms with Gasteiger partial charge in [-0.05, 0) is 56.1 Å². The van der Waals surface area contributed by atoms with Crippen LogP contribution in [-0.2, 0) is 6.42 Å². The summed E-state index contributed by atoms with van der Waals surface area (Å²) in [4.78, 5) is 8.22. The van der Waals surface area contributed by atoms with Gasteiger partial charge in [-0.25, -0.2) is 4.99 Å². The number of hydrogen-bond acceptors (Lipinski definition) is 3. The van der Waals surface area contributed by atoms with Crippen molar-refractivity contribution in [2.45, 2.75) is 26.2 Å². The maximum Gasteiger partial charge on any atom is 0.200 e. The Hall–Kier alpha value is -2.17. The number of allylic oxidation sites excluding steroid dienone is 1. The lowest BCUT2D eigenvalue weighted by Crippen LogP contribution is -2.39. The largest absolute Gasteiger partial charge is 0.376 e. The third-order valence-corrected chi connectivity index (χ3v) is 2.63. The predicted molar refractivity (Wildman–Crippen MR) is 86.1 cm³/mol. The normalized spacial score (nSPS) is 10.6. The van der Waals surface area contributed by atoms with Crippen LogP contribution in [-0.4, -0.2) is 16.1 Å². The van der Waals surface area contributed by atoms with Crippen molar-refractivity contribution in [1.82, 2.24) is 10.3 Å². The summed E-state index contributed by atoms with van der Waals surface area (Å²) in [5.74, 6) is 0.155. The minimum absolute atomic E-state index is 0.0920. The highest BCUT2D eigenvalue weighted by atomic mass is 32.1. The van der Waals surface area contributed by atoms with E-state index < -0.39 is 0 Å². The van der Waals surface area contributed by atoms with Gasteiger partial charge in [-0.2, -0.15) is 0 Å². The zero-order valence-electron chi connectivity index (χ0n) is 11.5. The molecule has 0 bridgehead atoms. The average Bonchev–Trinajstić information content (AvgIpc) is 2.38. The van der Waals surface area contributed by atoms with E-state index in [9.17, 15) is 0 Å². The molecule has 5 nitrogen and oxygen atoms in total. The average molecular weight is 289 g/mol. The van der Waals surface area contributed by atoms with E-state index in [1.54, 1.807) is 0 Å². The molecule has 0 aliphatic carbocycles. The lowest BCUT2D eigenvalue weighted by molar-refractivity contribution is 0.811. The number of nitrogens with one attached hydrogen (secondary N) is 1. The number of aliphatic imine (C=N–C) groups is 1. The first kappa shape index (κ1) is 15.9. The summed E-state index contributed by atoms with van der Waals surface area (Å²) in [7, 11) is 0. The van der Waals surface area contributed by atoms with Crippen molar-refractivity contribution in [1.29, 1.82) is 0 Å². The fourth-order valence-corrected chi connectivity index (χ4v) is 1.66. The number of hydrogen-bond donors (Lipinski definition) is 3. The van der Waals surface area contributed by atoms with E-state index in [1.807, 2.05) is 18.3 Å². The van der Waals surface area contributed by atoms with Gasteiger partial charge in [0.15, 0.2) is 11.1 Å². The van der Waals surface area contributed by atoms with Gasteiger partial charge in [0, 0.05) is 11.9 Å². The van der Waals surface area contributed by atoms with Gasteiger partial charge in [-0.1, -0.05) is 6.07 Å². The molecular weight excluding hydrogens is 270 g/mol. The van der Waals surface area contributed by atoms with Crippen LogP contribution in [0.3, 0.4) is 0 Å². The summed E-state index contributed by atoms with van der Waals surface area (Å²) in [5.41, 5.74) is 16.0. The molecule has 0 fully saturated rings. The minimum atomic E-state index is 0.0920. The van der Waals surface area contributed by atoms with E-state index in [0.717, 1.165) is 25.0 Å². The number of nitrogens with zero attached hydrogens (tertiary/aromatic N) is 2. The third-order valence-electron chi connectivity index (χ3n) is 2.53. The Morgan fingerprint density at radius 1 is 1.55 bits per heavy atom. The second-order valence-corrected chi connectivity index (χ2v) is 4.60. The van der Waals surface area contributed by atoms with Gasteiger partial charge in [0.25, 0.3) is 0 Å².